The first-order valence-electron chi connectivity index (χ1n) is 8.85. The van der Waals surface area contributed by atoms with Crippen LogP contribution in [0.1, 0.15) is 12.8 Å². The number of amides is 2. The van der Waals surface area contributed by atoms with Crippen molar-refractivity contribution in [2.75, 3.05) is 30.3 Å². The lowest BCUT2D eigenvalue weighted by molar-refractivity contribution is -0.123. The average molecular weight is 373 g/mol. The van der Waals surface area contributed by atoms with Crippen LogP contribution in [0.25, 0.3) is 0 Å². The first kappa shape index (κ1) is 19.0. The number of halogens is 2. The Morgan fingerprint density at radius 2 is 1.70 bits per heavy atom. The molecular weight excluding hydrogens is 352 g/mol. The SMILES string of the molecule is O=C(CN1CCC[C@H](C(=O)Nc2ccccc2)C1)Nc1c(F)cccc1F. The van der Waals surface area contributed by atoms with Gasteiger partial charge in [-0.15, -0.1) is 0 Å². The number of nitrogens with zero attached hydrogens (tertiary/aromatic N) is 1. The molecule has 0 aromatic heterocycles. The Morgan fingerprint density at radius 3 is 2.41 bits per heavy atom. The molecule has 0 unspecified atom stereocenters. The number of nitrogens with one attached hydrogen (secondary N) is 2. The molecule has 1 aliphatic heterocycles. The molecule has 2 amide bonds. The Kier molecular flexibility index (Phi) is 6.13. The number of rotatable bonds is 5. The number of piperidine rings is 1. The van der Waals surface area contributed by atoms with Crippen molar-refractivity contribution in [1.82, 2.24) is 4.90 Å². The Bertz CT molecular complexity index is 794. The van der Waals surface area contributed by atoms with Gasteiger partial charge in [0.05, 0.1) is 12.5 Å². The van der Waals surface area contributed by atoms with Crippen LogP contribution in [0.15, 0.2) is 48.5 Å². The highest BCUT2D eigenvalue weighted by molar-refractivity contribution is 5.93. The van der Waals surface area contributed by atoms with E-state index in [0.29, 0.717) is 13.1 Å². The molecule has 3 rings (SSSR count). The molecule has 0 spiro atoms. The fourth-order valence-corrected chi connectivity index (χ4v) is 3.18. The molecule has 1 fully saturated rings. The summed E-state index contributed by atoms with van der Waals surface area (Å²) in [5.74, 6) is -2.48. The summed E-state index contributed by atoms with van der Waals surface area (Å²) in [5, 5.41) is 5.15. The second kappa shape index (κ2) is 8.73. The second-order valence-electron chi connectivity index (χ2n) is 6.57. The maximum absolute atomic E-state index is 13.6. The van der Waals surface area contributed by atoms with E-state index in [1.807, 2.05) is 35.2 Å². The topological polar surface area (TPSA) is 61.4 Å². The third-order valence-electron chi connectivity index (χ3n) is 4.51. The summed E-state index contributed by atoms with van der Waals surface area (Å²) in [4.78, 5) is 26.4. The zero-order valence-electron chi connectivity index (χ0n) is 14.8. The van der Waals surface area contributed by atoms with E-state index in [1.54, 1.807) is 0 Å². The van der Waals surface area contributed by atoms with Crippen molar-refractivity contribution in [2.24, 2.45) is 5.92 Å². The van der Waals surface area contributed by atoms with Gasteiger partial charge in [-0.05, 0) is 43.7 Å². The van der Waals surface area contributed by atoms with Gasteiger partial charge in [-0.2, -0.15) is 0 Å². The van der Waals surface area contributed by atoms with E-state index in [0.717, 1.165) is 30.7 Å². The van der Waals surface area contributed by atoms with Crippen molar-refractivity contribution in [2.45, 2.75) is 12.8 Å². The van der Waals surface area contributed by atoms with E-state index in [-0.39, 0.29) is 18.4 Å². The van der Waals surface area contributed by atoms with Crippen molar-refractivity contribution in [3.8, 4) is 0 Å². The molecule has 7 heteroatoms. The van der Waals surface area contributed by atoms with Gasteiger partial charge in [0.2, 0.25) is 11.8 Å². The lowest BCUT2D eigenvalue weighted by atomic mass is 9.97. The fourth-order valence-electron chi connectivity index (χ4n) is 3.18. The van der Waals surface area contributed by atoms with Gasteiger partial charge in [0.1, 0.15) is 17.3 Å². The van der Waals surface area contributed by atoms with Gasteiger partial charge in [0.15, 0.2) is 0 Å². The number of para-hydroxylation sites is 2. The van der Waals surface area contributed by atoms with Gasteiger partial charge in [-0.25, -0.2) is 8.78 Å². The molecule has 5 nitrogen and oxygen atoms in total. The van der Waals surface area contributed by atoms with Gasteiger partial charge in [-0.1, -0.05) is 24.3 Å². The summed E-state index contributed by atoms with van der Waals surface area (Å²) in [6.07, 6.45) is 1.51. The third kappa shape index (κ3) is 5.10. The van der Waals surface area contributed by atoms with E-state index >= 15 is 0 Å². The predicted octanol–water partition coefficient (Wildman–Crippen LogP) is 3.25. The van der Waals surface area contributed by atoms with Crippen molar-refractivity contribution in [3.05, 3.63) is 60.2 Å². The molecule has 2 N–H and O–H groups in total. The normalized spacial score (nSPS) is 17.3. The smallest absolute Gasteiger partial charge is 0.238 e. The molecule has 0 saturated carbocycles. The standard InChI is InChI=1S/C20H21F2N3O2/c21-16-9-4-10-17(22)19(16)24-18(26)13-25-11-5-6-14(12-25)20(27)23-15-7-2-1-3-8-15/h1-4,7-10,14H,5-6,11-13H2,(H,23,27)(H,24,26)/t14-/m0/s1. The summed E-state index contributed by atoms with van der Waals surface area (Å²) in [5.41, 5.74) is 0.283. The Hall–Kier alpha value is -2.80. The van der Waals surface area contributed by atoms with Gasteiger partial charge in [0, 0.05) is 12.2 Å². The number of anilines is 2. The zero-order valence-corrected chi connectivity index (χ0v) is 14.8. The molecule has 1 atom stereocenters. The number of benzene rings is 2. The highest BCUT2D eigenvalue weighted by Gasteiger charge is 2.27. The molecule has 142 valence electrons. The quantitative estimate of drug-likeness (QED) is 0.846. The van der Waals surface area contributed by atoms with E-state index in [4.69, 9.17) is 0 Å². The fraction of sp³-hybridized carbons (Fsp3) is 0.300. The molecule has 0 bridgehead atoms. The monoisotopic (exact) mass is 373 g/mol. The van der Waals surface area contributed by atoms with Gasteiger partial charge >= 0.3 is 0 Å². The third-order valence-corrected chi connectivity index (χ3v) is 4.51. The van der Waals surface area contributed by atoms with Gasteiger partial charge in [-0.3, -0.25) is 14.5 Å². The number of likely N-dealkylation sites (tertiary alicyclic amines) is 1. The van der Waals surface area contributed by atoms with Crippen LogP contribution in [-0.4, -0.2) is 36.3 Å². The largest absolute Gasteiger partial charge is 0.326 e. The minimum Gasteiger partial charge on any atom is -0.326 e. The summed E-state index contributed by atoms with van der Waals surface area (Å²) < 4.78 is 27.3. The van der Waals surface area contributed by atoms with Gasteiger partial charge in [0.25, 0.3) is 0 Å². The maximum atomic E-state index is 13.6. The lowest BCUT2D eigenvalue weighted by Crippen LogP contribution is -2.44. The predicted molar refractivity (Wildman–Crippen MR) is 99.2 cm³/mol. The molecule has 1 saturated heterocycles. The maximum Gasteiger partial charge on any atom is 0.238 e. The van der Waals surface area contributed by atoms with Crippen molar-refractivity contribution in [1.29, 1.82) is 0 Å². The summed E-state index contributed by atoms with van der Waals surface area (Å²) in [6, 6.07) is 12.6. The molecule has 2 aromatic rings. The number of carbonyl (C=O) groups excluding carboxylic acids is 2. The van der Waals surface area contributed by atoms with Crippen LogP contribution in [-0.2, 0) is 9.59 Å². The van der Waals surface area contributed by atoms with Crippen molar-refractivity contribution < 1.29 is 18.4 Å². The van der Waals surface area contributed by atoms with Crippen LogP contribution in [0, 0.1) is 17.6 Å². The Morgan fingerprint density at radius 1 is 1.00 bits per heavy atom. The van der Waals surface area contributed by atoms with Crippen molar-refractivity contribution in [3.63, 3.8) is 0 Å². The number of hydrogen-bond donors (Lipinski definition) is 2. The lowest BCUT2D eigenvalue weighted by Gasteiger charge is -2.31. The van der Waals surface area contributed by atoms with E-state index in [2.05, 4.69) is 10.6 Å². The first-order valence-corrected chi connectivity index (χ1v) is 8.85. The van der Waals surface area contributed by atoms with Crippen LogP contribution in [0.5, 0.6) is 0 Å². The molecule has 1 aliphatic rings. The minimum absolute atomic E-state index is 0.0249. The summed E-state index contributed by atoms with van der Waals surface area (Å²) >= 11 is 0. The molecular formula is C20H21F2N3O2. The highest BCUT2D eigenvalue weighted by atomic mass is 19.1. The molecule has 2 aromatic carbocycles. The zero-order chi connectivity index (χ0) is 19.2. The number of carbonyl (C=O) groups is 2. The van der Waals surface area contributed by atoms with Crippen LogP contribution < -0.4 is 10.6 Å². The van der Waals surface area contributed by atoms with E-state index in [9.17, 15) is 18.4 Å². The molecule has 27 heavy (non-hydrogen) atoms. The Labute approximate surface area is 156 Å². The van der Waals surface area contributed by atoms with Crippen LogP contribution in [0.2, 0.25) is 0 Å². The highest BCUT2D eigenvalue weighted by Crippen LogP contribution is 2.20. The minimum atomic E-state index is -0.817. The summed E-state index contributed by atoms with van der Waals surface area (Å²) in [6.45, 7) is 1.05. The molecule has 0 radical (unpaired) electrons. The second-order valence-corrected chi connectivity index (χ2v) is 6.57. The first-order chi connectivity index (χ1) is 13.0. The van der Waals surface area contributed by atoms with E-state index in [1.165, 1.54) is 6.07 Å². The van der Waals surface area contributed by atoms with E-state index < -0.39 is 23.2 Å². The van der Waals surface area contributed by atoms with Crippen LogP contribution in [0.4, 0.5) is 20.2 Å². The summed E-state index contributed by atoms with van der Waals surface area (Å²) in [7, 11) is 0. The Balaban J connectivity index is 1.55. The van der Waals surface area contributed by atoms with Crippen LogP contribution in [0.3, 0.4) is 0 Å². The van der Waals surface area contributed by atoms with Crippen LogP contribution >= 0.6 is 0 Å². The number of hydrogen-bond acceptors (Lipinski definition) is 3. The molecule has 1 heterocycles. The van der Waals surface area contributed by atoms with Crippen molar-refractivity contribution >= 4 is 23.2 Å². The van der Waals surface area contributed by atoms with Gasteiger partial charge < -0.3 is 10.6 Å². The average Bonchev–Trinajstić information content (AvgIpc) is 2.66. The molecule has 0 aliphatic carbocycles.